The first-order valence-electron chi connectivity index (χ1n) is 27.8. The average molecular weight is 1190 g/mol. The topological polar surface area (TPSA) is 80.5 Å². The van der Waals surface area contributed by atoms with Gasteiger partial charge in [0.25, 0.3) is 0 Å². The summed E-state index contributed by atoms with van der Waals surface area (Å²) >= 11 is 0. The Morgan fingerprint density at radius 3 is 1.95 bits per heavy atom. The van der Waals surface area contributed by atoms with Gasteiger partial charge in [-0.15, -0.1) is 59.2 Å². The van der Waals surface area contributed by atoms with Gasteiger partial charge >= 0.3 is 0 Å². The standard InChI is InChI=1S/C56H40N3O.C15H17N2.Ir/c1-33(2)45-28-40(36-15-9-6-10-16-36)29-46(34(3)4)54(45)59-55-44-18-12-11-17-37(44)20-23-51(55)58-56(59)39-21-24-52-49(27-39)50-31-47-41(30-53(50)60-52)25-42(32-57)43-22-19-38(26-48(43)47)35-13-7-5-8-14-35;1-11-5-7-12(8-6-11)14-16-10-9-13(17-14)15(2,3)4;/h5-20,22-31,33-34H,1-4H3;5-7,9-10H,1-4H3;/q2*-1;/i;1D3;. The van der Waals surface area contributed by atoms with Crippen LogP contribution in [0.4, 0.5) is 0 Å². The third-order valence-corrected chi connectivity index (χ3v) is 14.7. The minimum Gasteiger partial charge on any atom is -0.500 e. The van der Waals surface area contributed by atoms with Crippen molar-refractivity contribution in [1.29, 1.82) is 5.26 Å². The maximum atomic E-state index is 10.2. The van der Waals surface area contributed by atoms with Crippen molar-refractivity contribution in [3.8, 4) is 56.8 Å². The van der Waals surface area contributed by atoms with Gasteiger partial charge in [0.1, 0.15) is 5.58 Å². The van der Waals surface area contributed by atoms with Crippen LogP contribution in [0.15, 0.2) is 193 Å². The van der Waals surface area contributed by atoms with Crippen LogP contribution in [0, 0.1) is 30.3 Å². The predicted octanol–water partition coefficient (Wildman–Crippen LogP) is 18.9. The number of hydrogen-bond acceptors (Lipinski definition) is 5. The molecule has 3 aromatic heterocycles. The molecule has 0 saturated heterocycles. The van der Waals surface area contributed by atoms with E-state index in [1.807, 2.05) is 24.3 Å². The first-order chi connectivity index (χ1) is 38.5. The van der Waals surface area contributed by atoms with Crippen LogP contribution in [-0.4, -0.2) is 19.5 Å². The van der Waals surface area contributed by atoms with E-state index in [0.29, 0.717) is 17.0 Å². The maximum absolute atomic E-state index is 10.2. The molecule has 6 nitrogen and oxygen atoms in total. The third-order valence-electron chi connectivity index (χ3n) is 14.7. The van der Waals surface area contributed by atoms with Crippen molar-refractivity contribution < 1.29 is 28.6 Å². The van der Waals surface area contributed by atoms with Gasteiger partial charge in [0.2, 0.25) is 0 Å². The molecule has 0 fully saturated rings. The largest absolute Gasteiger partial charge is 0.500 e. The number of nitrogens with zero attached hydrogens (tertiary/aromatic N) is 5. The summed E-state index contributed by atoms with van der Waals surface area (Å²) < 4.78 is 31.0. The number of benzene rings is 10. The van der Waals surface area contributed by atoms with Gasteiger partial charge in [-0.2, -0.15) is 5.26 Å². The van der Waals surface area contributed by atoms with Crippen molar-refractivity contribution in [2.45, 2.75) is 72.6 Å². The van der Waals surface area contributed by atoms with E-state index in [1.165, 1.54) is 39.4 Å². The molecule has 0 amide bonds. The Labute approximate surface area is 473 Å². The van der Waals surface area contributed by atoms with Crippen LogP contribution in [-0.2, 0) is 25.5 Å². The van der Waals surface area contributed by atoms with Crippen LogP contribution in [0.1, 0.15) is 92.4 Å². The zero-order chi connectivity index (χ0) is 55.6. The number of aryl methyl sites for hydroxylation is 1. The summed E-state index contributed by atoms with van der Waals surface area (Å²) in [5, 5.41) is 18.6. The van der Waals surface area contributed by atoms with Crippen molar-refractivity contribution in [3.05, 3.63) is 228 Å². The van der Waals surface area contributed by atoms with E-state index in [-0.39, 0.29) is 42.9 Å². The van der Waals surface area contributed by atoms with E-state index in [2.05, 4.69) is 221 Å². The molecule has 1 radical (unpaired) electrons. The van der Waals surface area contributed by atoms with Crippen LogP contribution in [0.5, 0.6) is 0 Å². The molecular formula is C71H57IrN5O-2. The number of fused-ring (bicyclic) bond motifs is 9. The van der Waals surface area contributed by atoms with Gasteiger partial charge in [-0.1, -0.05) is 164 Å². The van der Waals surface area contributed by atoms with E-state index < -0.39 is 6.85 Å². The number of nitriles is 1. The fourth-order valence-electron chi connectivity index (χ4n) is 10.7. The van der Waals surface area contributed by atoms with Crippen molar-refractivity contribution in [2.75, 3.05) is 0 Å². The molecule has 0 N–H and O–H groups in total. The Bertz CT molecular complexity index is 4540. The summed E-state index contributed by atoms with van der Waals surface area (Å²) in [5.74, 6) is 1.87. The molecule has 13 rings (SSSR count). The minimum absolute atomic E-state index is 0. The van der Waals surface area contributed by atoms with Crippen molar-refractivity contribution >= 4 is 65.3 Å². The average Bonchev–Trinajstić information content (AvgIpc) is 3.27. The molecular weight excluding hydrogens is 1130 g/mol. The number of rotatable bonds is 7. The molecule has 0 atom stereocenters. The van der Waals surface area contributed by atoms with Gasteiger partial charge in [0, 0.05) is 63.4 Å². The van der Waals surface area contributed by atoms with Gasteiger partial charge in [-0.05, 0) is 115 Å². The summed E-state index contributed by atoms with van der Waals surface area (Å²) in [7, 11) is 0. The number of imidazole rings is 1. The van der Waals surface area contributed by atoms with Gasteiger partial charge in [-0.25, -0.2) is 0 Å². The molecule has 0 aliphatic rings. The first kappa shape index (κ1) is 47.9. The van der Waals surface area contributed by atoms with E-state index in [0.717, 1.165) is 88.1 Å². The molecule has 383 valence electrons. The molecule has 0 aliphatic carbocycles. The summed E-state index contributed by atoms with van der Waals surface area (Å²) in [4.78, 5) is 14.2. The zero-order valence-electron chi connectivity index (χ0n) is 47.5. The van der Waals surface area contributed by atoms with Gasteiger partial charge in [0.05, 0.1) is 39.9 Å². The Hall–Kier alpha value is -8.53. The fourth-order valence-corrected chi connectivity index (χ4v) is 10.7. The molecule has 0 saturated carbocycles. The van der Waals surface area contributed by atoms with Gasteiger partial charge in [-0.3, -0.25) is 15.0 Å². The van der Waals surface area contributed by atoms with Crippen molar-refractivity contribution in [1.82, 2.24) is 19.5 Å². The second-order valence-corrected chi connectivity index (χ2v) is 21.6. The second kappa shape index (κ2) is 20.8. The maximum Gasteiger partial charge on any atom is 0.121 e. The van der Waals surface area contributed by atoms with Crippen molar-refractivity contribution in [3.63, 3.8) is 0 Å². The molecule has 78 heavy (non-hydrogen) atoms. The molecule has 10 aromatic carbocycles. The van der Waals surface area contributed by atoms with Gasteiger partial charge < -0.3 is 8.98 Å². The molecule has 3 heterocycles. The number of aromatic nitrogens is 4. The Balaban J connectivity index is 0.000000279. The molecule has 13 aromatic rings. The monoisotopic (exact) mass is 1190 g/mol. The quantitative estimate of drug-likeness (QED) is 0.117. The van der Waals surface area contributed by atoms with E-state index in [4.69, 9.17) is 13.5 Å². The fraction of sp³-hybridized carbons (Fsp3) is 0.155. The van der Waals surface area contributed by atoms with Crippen LogP contribution in [0.25, 0.3) is 116 Å². The Morgan fingerprint density at radius 1 is 0.577 bits per heavy atom. The smallest absolute Gasteiger partial charge is 0.121 e. The van der Waals surface area contributed by atoms with Crippen molar-refractivity contribution in [2.24, 2.45) is 0 Å². The molecule has 0 aliphatic heterocycles. The second-order valence-electron chi connectivity index (χ2n) is 21.6. The normalized spacial score (nSPS) is 12.4. The molecule has 0 unspecified atom stereocenters. The van der Waals surface area contributed by atoms with Crippen LogP contribution in [0.2, 0.25) is 0 Å². The molecule has 0 spiro atoms. The summed E-state index contributed by atoms with van der Waals surface area (Å²) in [6, 6.07) is 71.4. The number of furan rings is 1. The zero-order valence-corrected chi connectivity index (χ0v) is 46.9. The third kappa shape index (κ3) is 9.46. The minimum atomic E-state index is -2.11. The number of hydrogen-bond donors (Lipinski definition) is 0. The Kier molecular flexibility index (Phi) is 12.8. The molecule has 7 heteroatoms. The first-order valence-corrected chi connectivity index (χ1v) is 26.3. The van der Waals surface area contributed by atoms with Crippen LogP contribution < -0.4 is 0 Å². The predicted molar refractivity (Wildman–Crippen MR) is 319 cm³/mol. The van der Waals surface area contributed by atoms with Gasteiger partial charge in [0.15, 0.2) is 0 Å². The summed E-state index contributed by atoms with van der Waals surface area (Å²) in [5.41, 5.74) is 15.3. The summed E-state index contributed by atoms with van der Waals surface area (Å²) in [6.07, 6.45) is 1.72. The van der Waals surface area contributed by atoms with E-state index >= 15 is 0 Å². The van der Waals surface area contributed by atoms with Crippen LogP contribution in [0.3, 0.4) is 0 Å². The van der Waals surface area contributed by atoms with E-state index in [9.17, 15) is 5.26 Å². The Morgan fingerprint density at radius 2 is 1.27 bits per heavy atom. The SMILES string of the molecule is CC(C)c1cc(-c2ccccc2)cc(C(C)C)c1-n1c(-c2[c-]cc3oc4cc5cc(C#N)c6ccc(-c7ccccc7)cc6c5cc4c3c2)nc2ccc3ccccc3c21.[2H]C([2H])([2H])c1c[c-]c(-c2nccc(C(C)(C)C)n2)cc1.[Ir]. The van der Waals surface area contributed by atoms with Crippen LogP contribution >= 0.6 is 0 Å². The van der Waals surface area contributed by atoms with E-state index in [1.54, 1.807) is 18.3 Å². The summed E-state index contributed by atoms with van der Waals surface area (Å²) in [6.45, 7) is 13.3. The molecule has 0 bridgehead atoms.